The number of benzene rings is 1. The Balaban J connectivity index is 2.35. The van der Waals surface area contributed by atoms with Crippen molar-refractivity contribution in [3.8, 4) is 0 Å². The van der Waals surface area contributed by atoms with Crippen molar-refractivity contribution in [3.63, 3.8) is 0 Å². The van der Waals surface area contributed by atoms with Crippen molar-refractivity contribution in [3.05, 3.63) is 46.4 Å². The van der Waals surface area contributed by atoms with Crippen molar-refractivity contribution in [2.45, 2.75) is 13.8 Å². The van der Waals surface area contributed by atoms with Crippen LogP contribution in [0.2, 0.25) is 0 Å². The first-order chi connectivity index (χ1) is 8.58. The third kappa shape index (κ3) is 2.59. The fraction of sp³-hybridized carbons (Fsp3) is 0.286. The van der Waals surface area contributed by atoms with Crippen LogP contribution >= 0.6 is 0 Å². The van der Waals surface area contributed by atoms with Crippen LogP contribution in [0, 0.1) is 5.92 Å². The molecule has 94 valence electrons. The van der Waals surface area contributed by atoms with E-state index < -0.39 is 0 Å². The number of carbonyl (C=O) groups excluding carboxylic acids is 1. The maximum Gasteiger partial charge on any atom is 0.267 e. The lowest BCUT2D eigenvalue weighted by molar-refractivity contribution is 0.0944. The molecule has 0 spiro atoms. The van der Waals surface area contributed by atoms with Crippen LogP contribution in [-0.4, -0.2) is 17.4 Å². The van der Waals surface area contributed by atoms with E-state index in [9.17, 15) is 9.59 Å². The molecule has 1 amide bonds. The van der Waals surface area contributed by atoms with Crippen LogP contribution in [0.25, 0.3) is 10.8 Å². The Hall–Kier alpha value is -2.10. The van der Waals surface area contributed by atoms with E-state index in [0.29, 0.717) is 23.5 Å². The normalized spacial score (nSPS) is 10.8. The highest BCUT2D eigenvalue weighted by molar-refractivity contribution is 5.96. The summed E-state index contributed by atoms with van der Waals surface area (Å²) in [6.07, 6.45) is 0. The molecule has 18 heavy (non-hydrogen) atoms. The average molecular weight is 244 g/mol. The number of aromatic amines is 1. The van der Waals surface area contributed by atoms with E-state index in [-0.39, 0.29) is 11.5 Å². The molecular weight excluding hydrogens is 228 g/mol. The smallest absolute Gasteiger partial charge is 0.267 e. The van der Waals surface area contributed by atoms with E-state index in [1.165, 1.54) is 0 Å². The maximum absolute atomic E-state index is 11.9. The molecule has 0 aliphatic heterocycles. The summed E-state index contributed by atoms with van der Waals surface area (Å²) in [7, 11) is 0. The van der Waals surface area contributed by atoms with Gasteiger partial charge in [0.05, 0.1) is 0 Å². The van der Waals surface area contributed by atoms with E-state index in [4.69, 9.17) is 0 Å². The molecule has 0 radical (unpaired) electrons. The zero-order chi connectivity index (χ0) is 13.1. The standard InChI is InChI=1S/C14H16N2O2/c1-9(2)8-15-14(18)12-7-10-5-3-4-6-11(10)13(17)16-12/h3-7,9H,8H2,1-2H3,(H,15,18)(H,16,17). The van der Waals surface area contributed by atoms with Crippen LogP contribution < -0.4 is 10.9 Å². The number of aromatic nitrogens is 1. The molecule has 4 heteroatoms. The highest BCUT2D eigenvalue weighted by Crippen LogP contribution is 2.09. The second-order valence-electron chi connectivity index (χ2n) is 4.70. The van der Waals surface area contributed by atoms with Crippen molar-refractivity contribution in [2.24, 2.45) is 5.92 Å². The molecule has 1 heterocycles. The fourth-order valence-electron chi connectivity index (χ4n) is 1.73. The third-order valence-electron chi connectivity index (χ3n) is 2.67. The molecule has 2 aromatic rings. The predicted molar refractivity (Wildman–Crippen MR) is 71.7 cm³/mol. The number of carbonyl (C=O) groups is 1. The number of H-pyrrole nitrogens is 1. The van der Waals surface area contributed by atoms with Gasteiger partial charge in [-0.05, 0) is 23.4 Å². The highest BCUT2D eigenvalue weighted by Gasteiger charge is 2.09. The van der Waals surface area contributed by atoms with Crippen LogP contribution in [0.15, 0.2) is 35.1 Å². The van der Waals surface area contributed by atoms with Gasteiger partial charge in [-0.1, -0.05) is 32.0 Å². The first-order valence-electron chi connectivity index (χ1n) is 5.98. The first kappa shape index (κ1) is 12.4. The minimum absolute atomic E-state index is 0.234. The quantitative estimate of drug-likeness (QED) is 0.866. The molecule has 0 bridgehead atoms. The van der Waals surface area contributed by atoms with E-state index in [1.807, 2.05) is 26.0 Å². The number of fused-ring (bicyclic) bond motifs is 1. The second-order valence-corrected chi connectivity index (χ2v) is 4.70. The number of pyridine rings is 1. The zero-order valence-corrected chi connectivity index (χ0v) is 10.5. The summed E-state index contributed by atoms with van der Waals surface area (Å²) in [5, 5.41) is 4.15. The molecule has 0 atom stereocenters. The molecule has 0 saturated heterocycles. The highest BCUT2D eigenvalue weighted by atomic mass is 16.2. The summed E-state index contributed by atoms with van der Waals surface area (Å²) >= 11 is 0. The molecule has 1 aromatic heterocycles. The third-order valence-corrected chi connectivity index (χ3v) is 2.67. The molecule has 2 rings (SSSR count). The molecule has 0 saturated carbocycles. The zero-order valence-electron chi connectivity index (χ0n) is 10.5. The topological polar surface area (TPSA) is 62.0 Å². The van der Waals surface area contributed by atoms with E-state index in [0.717, 1.165) is 5.39 Å². The lowest BCUT2D eigenvalue weighted by Gasteiger charge is -2.08. The molecule has 0 fully saturated rings. The Morgan fingerprint density at radius 2 is 2.06 bits per heavy atom. The van der Waals surface area contributed by atoms with Gasteiger partial charge in [-0.3, -0.25) is 9.59 Å². The number of amides is 1. The van der Waals surface area contributed by atoms with Crippen molar-refractivity contribution in [2.75, 3.05) is 6.54 Å². The van der Waals surface area contributed by atoms with Gasteiger partial charge < -0.3 is 10.3 Å². The minimum atomic E-state index is -0.244. The number of nitrogens with one attached hydrogen (secondary N) is 2. The van der Waals surface area contributed by atoms with Gasteiger partial charge in [0, 0.05) is 11.9 Å². The number of hydrogen-bond donors (Lipinski definition) is 2. The number of hydrogen-bond acceptors (Lipinski definition) is 2. The van der Waals surface area contributed by atoms with Gasteiger partial charge in [0.15, 0.2) is 0 Å². The Bertz CT molecular complexity index is 629. The summed E-state index contributed by atoms with van der Waals surface area (Å²) in [6, 6.07) is 8.91. The van der Waals surface area contributed by atoms with Crippen LogP contribution in [0.5, 0.6) is 0 Å². The van der Waals surface area contributed by atoms with E-state index in [2.05, 4.69) is 10.3 Å². The fourth-order valence-corrected chi connectivity index (χ4v) is 1.73. The maximum atomic E-state index is 11.9. The van der Waals surface area contributed by atoms with Gasteiger partial charge in [-0.2, -0.15) is 0 Å². The van der Waals surface area contributed by atoms with Gasteiger partial charge in [-0.25, -0.2) is 0 Å². The van der Waals surface area contributed by atoms with Gasteiger partial charge >= 0.3 is 0 Å². The van der Waals surface area contributed by atoms with Crippen LogP contribution in [0.1, 0.15) is 24.3 Å². The summed E-state index contributed by atoms with van der Waals surface area (Å²) in [4.78, 5) is 26.3. The summed E-state index contributed by atoms with van der Waals surface area (Å²) < 4.78 is 0. The average Bonchev–Trinajstić information content (AvgIpc) is 2.36. The van der Waals surface area contributed by atoms with Gasteiger partial charge in [-0.15, -0.1) is 0 Å². The molecule has 2 N–H and O–H groups in total. The summed E-state index contributed by atoms with van der Waals surface area (Å²) in [6.45, 7) is 4.63. The van der Waals surface area contributed by atoms with E-state index in [1.54, 1.807) is 18.2 Å². The summed E-state index contributed by atoms with van der Waals surface area (Å²) in [5.74, 6) is 0.132. The monoisotopic (exact) mass is 244 g/mol. The molecular formula is C14H16N2O2. The molecule has 4 nitrogen and oxygen atoms in total. The molecule has 0 aliphatic rings. The van der Waals surface area contributed by atoms with Crippen molar-refractivity contribution >= 4 is 16.7 Å². The van der Waals surface area contributed by atoms with Crippen LogP contribution in [0.4, 0.5) is 0 Å². The second kappa shape index (κ2) is 5.04. The molecule has 1 aromatic carbocycles. The predicted octanol–water partition coefficient (Wildman–Crippen LogP) is 1.91. The molecule has 0 aliphatic carbocycles. The Morgan fingerprint density at radius 3 is 2.78 bits per heavy atom. The largest absolute Gasteiger partial charge is 0.351 e. The Kier molecular flexibility index (Phi) is 3.46. The van der Waals surface area contributed by atoms with Gasteiger partial charge in [0.25, 0.3) is 11.5 Å². The molecule has 0 unspecified atom stereocenters. The van der Waals surface area contributed by atoms with Crippen LogP contribution in [-0.2, 0) is 0 Å². The minimum Gasteiger partial charge on any atom is -0.351 e. The Labute approximate surface area is 105 Å². The Morgan fingerprint density at radius 1 is 1.33 bits per heavy atom. The van der Waals surface area contributed by atoms with Gasteiger partial charge in [0.1, 0.15) is 5.69 Å². The SMILES string of the molecule is CC(C)CNC(=O)c1cc2ccccc2c(=O)[nH]1. The lowest BCUT2D eigenvalue weighted by Crippen LogP contribution is -2.29. The van der Waals surface area contributed by atoms with Crippen LogP contribution in [0.3, 0.4) is 0 Å². The van der Waals surface area contributed by atoms with Gasteiger partial charge in [0.2, 0.25) is 0 Å². The van der Waals surface area contributed by atoms with Crippen molar-refractivity contribution in [1.82, 2.24) is 10.3 Å². The first-order valence-corrected chi connectivity index (χ1v) is 5.98. The van der Waals surface area contributed by atoms with Crippen molar-refractivity contribution in [1.29, 1.82) is 0 Å². The number of rotatable bonds is 3. The lowest BCUT2D eigenvalue weighted by atomic mass is 10.1. The van der Waals surface area contributed by atoms with E-state index >= 15 is 0 Å². The van der Waals surface area contributed by atoms with Crippen molar-refractivity contribution < 1.29 is 4.79 Å². The summed E-state index contributed by atoms with van der Waals surface area (Å²) in [5.41, 5.74) is 0.0714.